The van der Waals surface area contributed by atoms with Crippen LogP contribution in [0.5, 0.6) is 0 Å². The van der Waals surface area contributed by atoms with Gasteiger partial charge in [0.25, 0.3) is 0 Å². The summed E-state index contributed by atoms with van der Waals surface area (Å²) in [7, 11) is 0. The van der Waals surface area contributed by atoms with Gasteiger partial charge in [-0.1, -0.05) is 13.8 Å². The fraction of sp³-hybridized carbons (Fsp3) is 1.00. The Hall–Kier alpha value is 0.270. The highest BCUT2D eigenvalue weighted by atomic mass is 32.2. The molecule has 0 bridgehead atoms. The molecule has 2 rings (SSSR count). The first-order chi connectivity index (χ1) is 7.79. The number of nitrogens with one attached hydrogen (secondary N) is 1. The average molecular weight is 242 g/mol. The quantitative estimate of drug-likeness (QED) is 0.818. The Kier molecular flexibility index (Phi) is 4.57. The van der Waals surface area contributed by atoms with Gasteiger partial charge in [-0.3, -0.25) is 4.90 Å². The number of nitrogens with zero attached hydrogens (tertiary/aromatic N) is 1. The molecule has 16 heavy (non-hydrogen) atoms. The largest absolute Gasteiger partial charge is 0.310 e. The van der Waals surface area contributed by atoms with Crippen LogP contribution in [0.1, 0.15) is 39.5 Å². The molecule has 0 amide bonds. The predicted octanol–water partition coefficient (Wildman–Crippen LogP) is 2.35. The van der Waals surface area contributed by atoms with Gasteiger partial charge in [0, 0.05) is 23.9 Å². The van der Waals surface area contributed by atoms with Crippen molar-refractivity contribution < 1.29 is 0 Å². The van der Waals surface area contributed by atoms with Crippen LogP contribution >= 0.6 is 11.8 Å². The first-order valence-corrected chi connectivity index (χ1v) is 8.02. The summed E-state index contributed by atoms with van der Waals surface area (Å²) < 4.78 is 0. The summed E-state index contributed by atoms with van der Waals surface area (Å²) in [5.41, 5.74) is 0.393. The summed E-state index contributed by atoms with van der Waals surface area (Å²) in [6.07, 6.45) is 5.26. The van der Waals surface area contributed by atoms with E-state index in [-0.39, 0.29) is 0 Å². The standard InChI is InChI=1S/C13H26N2S/c1-3-13(4-2)11-15(8-5-7-14-13)12-6-9-16-10-12/h12,14H,3-11H2,1-2H3. The van der Waals surface area contributed by atoms with E-state index in [2.05, 4.69) is 35.8 Å². The molecule has 0 saturated carbocycles. The molecule has 0 radical (unpaired) electrons. The minimum absolute atomic E-state index is 0.393. The smallest absolute Gasteiger partial charge is 0.0303 e. The van der Waals surface area contributed by atoms with Gasteiger partial charge in [0.15, 0.2) is 0 Å². The first kappa shape index (κ1) is 12.7. The molecule has 1 unspecified atom stereocenters. The molecule has 0 spiro atoms. The van der Waals surface area contributed by atoms with E-state index in [0.29, 0.717) is 5.54 Å². The van der Waals surface area contributed by atoms with Crippen molar-refractivity contribution in [2.24, 2.45) is 0 Å². The van der Waals surface area contributed by atoms with E-state index in [0.717, 1.165) is 6.04 Å². The Labute approximate surface area is 105 Å². The Bertz CT molecular complexity index is 210. The third-order valence-corrected chi connectivity index (χ3v) is 5.55. The van der Waals surface area contributed by atoms with Crippen molar-refractivity contribution in [1.82, 2.24) is 10.2 Å². The second-order valence-corrected chi connectivity index (χ2v) is 6.41. The van der Waals surface area contributed by atoms with Gasteiger partial charge < -0.3 is 5.32 Å². The summed E-state index contributed by atoms with van der Waals surface area (Å²) in [6.45, 7) is 8.45. The Balaban J connectivity index is 2.01. The lowest BCUT2D eigenvalue weighted by Gasteiger charge is -2.37. The first-order valence-electron chi connectivity index (χ1n) is 6.86. The number of hydrogen-bond acceptors (Lipinski definition) is 3. The van der Waals surface area contributed by atoms with Crippen molar-refractivity contribution in [2.45, 2.75) is 51.1 Å². The zero-order chi connectivity index (χ0) is 11.4. The summed E-state index contributed by atoms with van der Waals surface area (Å²) in [4.78, 5) is 2.77. The van der Waals surface area contributed by atoms with Gasteiger partial charge >= 0.3 is 0 Å². The van der Waals surface area contributed by atoms with E-state index in [1.54, 1.807) is 0 Å². The summed E-state index contributed by atoms with van der Waals surface area (Å²) in [6, 6.07) is 0.863. The van der Waals surface area contributed by atoms with E-state index in [9.17, 15) is 0 Å². The molecule has 1 N–H and O–H groups in total. The van der Waals surface area contributed by atoms with Crippen LogP contribution in [0.3, 0.4) is 0 Å². The lowest BCUT2D eigenvalue weighted by molar-refractivity contribution is 0.159. The molecule has 2 heterocycles. The Morgan fingerprint density at radius 2 is 2.19 bits per heavy atom. The topological polar surface area (TPSA) is 15.3 Å². The van der Waals surface area contributed by atoms with Gasteiger partial charge in [0.1, 0.15) is 0 Å². The third kappa shape index (κ3) is 2.74. The zero-order valence-electron chi connectivity index (χ0n) is 10.8. The fourth-order valence-electron chi connectivity index (χ4n) is 3.00. The third-order valence-electron chi connectivity index (χ3n) is 4.40. The van der Waals surface area contributed by atoms with Gasteiger partial charge in [-0.25, -0.2) is 0 Å². The second-order valence-electron chi connectivity index (χ2n) is 5.26. The lowest BCUT2D eigenvalue weighted by Crippen LogP contribution is -2.52. The lowest BCUT2D eigenvalue weighted by atomic mass is 9.92. The van der Waals surface area contributed by atoms with Gasteiger partial charge in [0.05, 0.1) is 0 Å². The number of rotatable bonds is 3. The van der Waals surface area contributed by atoms with Crippen LogP contribution < -0.4 is 5.32 Å². The minimum Gasteiger partial charge on any atom is -0.310 e. The molecule has 2 aliphatic heterocycles. The molecule has 94 valence electrons. The molecule has 0 aromatic heterocycles. The molecule has 3 heteroatoms. The molecule has 0 aliphatic carbocycles. The van der Waals surface area contributed by atoms with E-state index in [4.69, 9.17) is 0 Å². The monoisotopic (exact) mass is 242 g/mol. The van der Waals surface area contributed by atoms with Crippen LogP contribution in [-0.2, 0) is 0 Å². The molecule has 2 nitrogen and oxygen atoms in total. The van der Waals surface area contributed by atoms with Gasteiger partial charge in [-0.2, -0.15) is 11.8 Å². The van der Waals surface area contributed by atoms with Crippen LogP contribution in [-0.4, -0.2) is 47.6 Å². The van der Waals surface area contributed by atoms with Gasteiger partial charge in [-0.15, -0.1) is 0 Å². The Morgan fingerprint density at radius 1 is 1.38 bits per heavy atom. The van der Waals surface area contributed by atoms with Crippen molar-refractivity contribution in [3.63, 3.8) is 0 Å². The van der Waals surface area contributed by atoms with Crippen LogP contribution in [0, 0.1) is 0 Å². The Morgan fingerprint density at radius 3 is 2.81 bits per heavy atom. The molecule has 1 atom stereocenters. The van der Waals surface area contributed by atoms with Gasteiger partial charge in [0.2, 0.25) is 0 Å². The van der Waals surface area contributed by atoms with Crippen molar-refractivity contribution in [3.8, 4) is 0 Å². The normalized spacial score (nSPS) is 31.5. The second kappa shape index (κ2) is 5.74. The van der Waals surface area contributed by atoms with Crippen molar-refractivity contribution >= 4 is 11.8 Å². The molecule has 2 fully saturated rings. The highest BCUT2D eigenvalue weighted by Gasteiger charge is 2.33. The summed E-state index contributed by atoms with van der Waals surface area (Å²) >= 11 is 2.14. The average Bonchev–Trinajstić information content (AvgIpc) is 2.76. The summed E-state index contributed by atoms with van der Waals surface area (Å²) in [5.74, 6) is 2.74. The maximum Gasteiger partial charge on any atom is 0.0303 e. The van der Waals surface area contributed by atoms with E-state index in [1.165, 1.54) is 56.8 Å². The minimum atomic E-state index is 0.393. The van der Waals surface area contributed by atoms with Crippen LogP contribution in [0.25, 0.3) is 0 Å². The van der Waals surface area contributed by atoms with Crippen LogP contribution in [0.4, 0.5) is 0 Å². The predicted molar refractivity (Wildman–Crippen MR) is 73.2 cm³/mol. The SMILES string of the molecule is CCC1(CC)CN(C2CCSC2)CCCN1. The molecule has 2 saturated heterocycles. The van der Waals surface area contributed by atoms with Crippen LogP contribution in [0.2, 0.25) is 0 Å². The summed E-state index contributed by atoms with van der Waals surface area (Å²) in [5, 5.41) is 3.80. The number of hydrogen-bond donors (Lipinski definition) is 1. The van der Waals surface area contributed by atoms with E-state index < -0.39 is 0 Å². The zero-order valence-corrected chi connectivity index (χ0v) is 11.6. The maximum absolute atomic E-state index is 3.80. The van der Waals surface area contributed by atoms with Crippen molar-refractivity contribution in [1.29, 1.82) is 0 Å². The highest BCUT2D eigenvalue weighted by molar-refractivity contribution is 7.99. The van der Waals surface area contributed by atoms with Crippen LogP contribution in [0.15, 0.2) is 0 Å². The van der Waals surface area contributed by atoms with Gasteiger partial charge in [-0.05, 0) is 44.5 Å². The molecule has 0 aromatic rings. The van der Waals surface area contributed by atoms with E-state index >= 15 is 0 Å². The molecule has 2 aliphatic rings. The highest BCUT2D eigenvalue weighted by Crippen LogP contribution is 2.27. The fourth-order valence-corrected chi connectivity index (χ4v) is 4.26. The maximum atomic E-state index is 3.80. The van der Waals surface area contributed by atoms with Crippen molar-refractivity contribution in [3.05, 3.63) is 0 Å². The number of thioether (sulfide) groups is 1. The molecular weight excluding hydrogens is 216 g/mol. The van der Waals surface area contributed by atoms with Crippen molar-refractivity contribution in [2.75, 3.05) is 31.1 Å². The van der Waals surface area contributed by atoms with E-state index in [1.807, 2.05) is 0 Å². The molecular formula is C13H26N2S. The molecule has 0 aromatic carbocycles.